The largest absolute Gasteiger partial charge is 0.479 e. The SMILES string of the molecule is CCCCOC(=O)[C@@H](C)Oc1ccc(C(=O)Nc2ccc(C)cc2C)cc1. The zero-order valence-corrected chi connectivity index (χ0v) is 16.4. The van der Waals surface area contributed by atoms with Crippen molar-refractivity contribution in [1.29, 1.82) is 0 Å². The van der Waals surface area contributed by atoms with E-state index in [0.29, 0.717) is 17.9 Å². The molecule has 2 aromatic carbocycles. The normalized spacial score (nSPS) is 11.6. The van der Waals surface area contributed by atoms with Crippen molar-refractivity contribution >= 4 is 17.6 Å². The Hall–Kier alpha value is -2.82. The van der Waals surface area contributed by atoms with Crippen LogP contribution in [-0.4, -0.2) is 24.6 Å². The third-order valence-electron chi connectivity index (χ3n) is 4.13. The highest BCUT2D eigenvalue weighted by molar-refractivity contribution is 6.04. The zero-order chi connectivity index (χ0) is 19.8. The fourth-order valence-electron chi connectivity index (χ4n) is 2.52. The lowest BCUT2D eigenvalue weighted by molar-refractivity contribution is -0.151. The molecule has 0 fully saturated rings. The Morgan fingerprint density at radius 1 is 1.07 bits per heavy atom. The summed E-state index contributed by atoms with van der Waals surface area (Å²) in [5.74, 6) is -0.0707. The number of unbranched alkanes of at least 4 members (excludes halogenated alkanes) is 1. The van der Waals surface area contributed by atoms with Gasteiger partial charge >= 0.3 is 5.97 Å². The Morgan fingerprint density at radius 2 is 1.78 bits per heavy atom. The van der Waals surface area contributed by atoms with Crippen molar-refractivity contribution in [3.8, 4) is 5.75 Å². The first-order valence-electron chi connectivity index (χ1n) is 9.22. The van der Waals surface area contributed by atoms with Crippen LogP contribution in [0.3, 0.4) is 0 Å². The Morgan fingerprint density at radius 3 is 2.41 bits per heavy atom. The summed E-state index contributed by atoms with van der Waals surface area (Å²) in [6.07, 6.45) is 1.11. The molecular weight excluding hydrogens is 342 g/mol. The molecule has 0 spiro atoms. The molecule has 1 amide bonds. The van der Waals surface area contributed by atoms with Crippen LogP contribution in [0.15, 0.2) is 42.5 Å². The summed E-state index contributed by atoms with van der Waals surface area (Å²) in [7, 11) is 0. The fraction of sp³-hybridized carbons (Fsp3) is 0.364. The summed E-state index contributed by atoms with van der Waals surface area (Å²) in [6, 6.07) is 12.6. The van der Waals surface area contributed by atoms with Gasteiger partial charge in [-0.05, 0) is 63.1 Å². The first kappa shape index (κ1) is 20.5. The predicted octanol–water partition coefficient (Wildman–Crippen LogP) is 4.67. The highest BCUT2D eigenvalue weighted by Gasteiger charge is 2.16. The van der Waals surface area contributed by atoms with E-state index in [9.17, 15) is 9.59 Å². The van der Waals surface area contributed by atoms with Crippen molar-refractivity contribution < 1.29 is 19.1 Å². The van der Waals surface area contributed by atoms with Gasteiger partial charge in [0.25, 0.3) is 5.91 Å². The first-order valence-corrected chi connectivity index (χ1v) is 9.22. The monoisotopic (exact) mass is 369 g/mol. The fourth-order valence-corrected chi connectivity index (χ4v) is 2.52. The van der Waals surface area contributed by atoms with E-state index in [2.05, 4.69) is 5.32 Å². The van der Waals surface area contributed by atoms with Crippen LogP contribution < -0.4 is 10.1 Å². The van der Waals surface area contributed by atoms with Crippen molar-refractivity contribution in [2.45, 2.75) is 46.6 Å². The van der Waals surface area contributed by atoms with E-state index < -0.39 is 6.10 Å². The standard InChI is InChI=1S/C22H27NO4/c1-5-6-13-26-22(25)17(4)27-19-10-8-18(9-11-19)21(24)23-20-12-7-15(2)14-16(20)3/h7-12,14,17H,5-6,13H2,1-4H3,(H,23,24)/t17-/m1/s1. The van der Waals surface area contributed by atoms with E-state index >= 15 is 0 Å². The molecule has 5 nitrogen and oxygen atoms in total. The Kier molecular flexibility index (Phi) is 7.41. The van der Waals surface area contributed by atoms with Crippen LogP contribution in [0.1, 0.15) is 48.2 Å². The summed E-state index contributed by atoms with van der Waals surface area (Å²) in [5, 5.41) is 2.91. The lowest BCUT2D eigenvalue weighted by Gasteiger charge is -2.14. The number of aryl methyl sites for hydroxylation is 2. The van der Waals surface area contributed by atoms with E-state index in [1.807, 2.05) is 39.0 Å². The highest BCUT2D eigenvalue weighted by Crippen LogP contribution is 2.19. The van der Waals surface area contributed by atoms with Gasteiger partial charge in [0.05, 0.1) is 6.61 Å². The van der Waals surface area contributed by atoms with Gasteiger partial charge in [0.1, 0.15) is 5.75 Å². The lowest BCUT2D eigenvalue weighted by Crippen LogP contribution is -2.26. The quantitative estimate of drug-likeness (QED) is 0.543. The number of anilines is 1. The average molecular weight is 369 g/mol. The number of carbonyl (C=O) groups is 2. The topological polar surface area (TPSA) is 64.6 Å². The van der Waals surface area contributed by atoms with Crippen molar-refractivity contribution in [3.63, 3.8) is 0 Å². The summed E-state index contributed by atoms with van der Waals surface area (Å²) in [5.41, 5.74) is 3.46. The number of amides is 1. The molecule has 2 aromatic rings. The minimum absolute atomic E-state index is 0.194. The van der Waals surface area contributed by atoms with Crippen LogP contribution >= 0.6 is 0 Å². The number of ether oxygens (including phenoxy) is 2. The van der Waals surface area contributed by atoms with Crippen LogP contribution in [-0.2, 0) is 9.53 Å². The van der Waals surface area contributed by atoms with E-state index in [4.69, 9.17) is 9.47 Å². The van der Waals surface area contributed by atoms with Crippen molar-refractivity contribution in [1.82, 2.24) is 0 Å². The Labute approximate surface area is 160 Å². The van der Waals surface area contributed by atoms with Crippen LogP contribution in [0.2, 0.25) is 0 Å². The molecule has 0 saturated carbocycles. The van der Waals surface area contributed by atoms with E-state index in [1.54, 1.807) is 31.2 Å². The molecular formula is C22H27NO4. The molecule has 0 bridgehead atoms. The van der Waals surface area contributed by atoms with E-state index in [-0.39, 0.29) is 11.9 Å². The number of carbonyl (C=O) groups excluding carboxylic acids is 2. The second-order valence-electron chi connectivity index (χ2n) is 6.58. The molecule has 0 heterocycles. The maximum atomic E-state index is 12.4. The molecule has 0 saturated heterocycles. The highest BCUT2D eigenvalue weighted by atomic mass is 16.6. The molecule has 0 unspecified atom stereocenters. The van der Waals surface area contributed by atoms with Gasteiger partial charge in [-0.3, -0.25) is 4.79 Å². The second-order valence-corrected chi connectivity index (χ2v) is 6.58. The second kappa shape index (κ2) is 9.76. The number of hydrogen-bond donors (Lipinski definition) is 1. The van der Waals surface area contributed by atoms with Gasteiger partial charge in [-0.2, -0.15) is 0 Å². The van der Waals surface area contributed by atoms with Gasteiger partial charge in [-0.1, -0.05) is 31.0 Å². The molecule has 0 aliphatic rings. The minimum Gasteiger partial charge on any atom is -0.479 e. The van der Waals surface area contributed by atoms with Gasteiger partial charge in [-0.15, -0.1) is 0 Å². The summed E-state index contributed by atoms with van der Waals surface area (Å²) in [4.78, 5) is 24.3. The summed E-state index contributed by atoms with van der Waals surface area (Å²) in [6.45, 7) is 8.06. The minimum atomic E-state index is -0.697. The molecule has 0 aliphatic heterocycles. The number of rotatable bonds is 8. The maximum absolute atomic E-state index is 12.4. The number of hydrogen-bond acceptors (Lipinski definition) is 4. The molecule has 1 atom stereocenters. The van der Waals surface area contributed by atoms with Crippen LogP contribution in [0, 0.1) is 13.8 Å². The number of nitrogens with one attached hydrogen (secondary N) is 1. The van der Waals surface area contributed by atoms with Crippen molar-refractivity contribution in [3.05, 3.63) is 59.2 Å². The molecule has 27 heavy (non-hydrogen) atoms. The Bertz CT molecular complexity index is 783. The Balaban J connectivity index is 1.93. The molecule has 1 N–H and O–H groups in total. The molecule has 0 aliphatic carbocycles. The third kappa shape index (κ3) is 6.13. The smallest absolute Gasteiger partial charge is 0.347 e. The van der Waals surface area contributed by atoms with Crippen LogP contribution in [0.25, 0.3) is 0 Å². The van der Waals surface area contributed by atoms with Gasteiger partial charge in [-0.25, -0.2) is 4.79 Å². The van der Waals surface area contributed by atoms with Gasteiger partial charge in [0.15, 0.2) is 6.10 Å². The lowest BCUT2D eigenvalue weighted by atomic mass is 10.1. The molecule has 5 heteroatoms. The van der Waals surface area contributed by atoms with E-state index in [0.717, 1.165) is 29.7 Å². The third-order valence-corrected chi connectivity index (χ3v) is 4.13. The van der Waals surface area contributed by atoms with Crippen LogP contribution in [0.4, 0.5) is 5.69 Å². The molecule has 0 aromatic heterocycles. The van der Waals surface area contributed by atoms with Gasteiger partial charge < -0.3 is 14.8 Å². The molecule has 2 rings (SSSR count). The number of benzene rings is 2. The van der Waals surface area contributed by atoms with Gasteiger partial charge in [0.2, 0.25) is 0 Å². The summed E-state index contributed by atoms with van der Waals surface area (Å²) < 4.78 is 10.7. The zero-order valence-electron chi connectivity index (χ0n) is 16.4. The average Bonchev–Trinajstić information content (AvgIpc) is 2.64. The molecule has 0 radical (unpaired) electrons. The first-order chi connectivity index (χ1) is 12.9. The summed E-state index contributed by atoms with van der Waals surface area (Å²) >= 11 is 0. The van der Waals surface area contributed by atoms with E-state index in [1.165, 1.54) is 0 Å². The maximum Gasteiger partial charge on any atom is 0.347 e. The van der Waals surface area contributed by atoms with Gasteiger partial charge in [0, 0.05) is 11.3 Å². The predicted molar refractivity (Wildman–Crippen MR) is 106 cm³/mol. The number of esters is 1. The molecule has 144 valence electrons. The van der Waals surface area contributed by atoms with Crippen LogP contribution in [0.5, 0.6) is 5.75 Å². The van der Waals surface area contributed by atoms with Crippen molar-refractivity contribution in [2.24, 2.45) is 0 Å². The van der Waals surface area contributed by atoms with Crippen molar-refractivity contribution in [2.75, 3.05) is 11.9 Å².